The van der Waals surface area contributed by atoms with Gasteiger partial charge in [0.1, 0.15) is 12.1 Å². The van der Waals surface area contributed by atoms with E-state index < -0.39 is 0 Å². The summed E-state index contributed by atoms with van der Waals surface area (Å²) >= 11 is 0. The normalized spacial score (nSPS) is 11.4. The van der Waals surface area contributed by atoms with Gasteiger partial charge in [0.2, 0.25) is 0 Å². The fourth-order valence-electron chi connectivity index (χ4n) is 3.57. The maximum Gasteiger partial charge on any atom is 0.142 e. The first-order valence-electron chi connectivity index (χ1n) is 8.70. The zero-order chi connectivity index (χ0) is 18.7. The molecule has 132 valence electrons. The lowest BCUT2D eigenvalue weighted by molar-refractivity contribution is -0.104. The third kappa shape index (κ3) is 3.25. The number of allylic oxidation sites excluding steroid dienone is 1. The number of carbonyl (C=O) groups excluding carboxylic acids is 1. The van der Waals surface area contributed by atoms with Crippen molar-refractivity contribution < 1.29 is 9.18 Å². The van der Waals surface area contributed by atoms with E-state index in [1.165, 1.54) is 18.2 Å². The minimum Gasteiger partial charge on any atom is -0.346 e. The lowest BCUT2D eigenvalue weighted by atomic mass is 9.94. The van der Waals surface area contributed by atoms with Gasteiger partial charge >= 0.3 is 0 Å². The summed E-state index contributed by atoms with van der Waals surface area (Å²) < 4.78 is 15.7. The third-order valence-electron chi connectivity index (χ3n) is 4.55. The Balaban J connectivity index is 2.40. The van der Waals surface area contributed by atoms with Crippen LogP contribution in [0.25, 0.3) is 28.5 Å². The second kappa shape index (κ2) is 7.52. The van der Waals surface area contributed by atoms with Gasteiger partial charge in [-0.15, -0.1) is 0 Å². The molecule has 3 heteroatoms. The van der Waals surface area contributed by atoms with Gasteiger partial charge in [0.05, 0.1) is 5.69 Å². The summed E-state index contributed by atoms with van der Waals surface area (Å²) in [5.41, 5.74) is 6.23. The van der Waals surface area contributed by atoms with Crippen molar-refractivity contribution in [2.45, 2.75) is 19.8 Å². The number of carbonyl (C=O) groups is 1. The zero-order valence-corrected chi connectivity index (χ0v) is 15.2. The minimum absolute atomic E-state index is 0.264. The van der Waals surface area contributed by atoms with Crippen LogP contribution in [0, 0.1) is 5.82 Å². The summed E-state index contributed by atoms with van der Waals surface area (Å²) in [4.78, 5) is 11.0. The summed E-state index contributed by atoms with van der Waals surface area (Å²) in [5.74, 6) is 0.00275. The Kier molecular flexibility index (Phi) is 5.17. The van der Waals surface area contributed by atoms with Crippen LogP contribution in [0.3, 0.4) is 0 Å². The predicted octanol–water partition coefficient (Wildman–Crippen LogP) is 5.83. The molecule has 0 fully saturated rings. The molecule has 0 N–H and O–H groups in total. The van der Waals surface area contributed by atoms with Gasteiger partial charge in [-0.1, -0.05) is 56.3 Å². The molecule has 0 radical (unpaired) electrons. The smallest absolute Gasteiger partial charge is 0.142 e. The van der Waals surface area contributed by atoms with Crippen molar-refractivity contribution in [3.63, 3.8) is 0 Å². The second-order valence-corrected chi connectivity index (χ2v) is 6.60. The monoisotopic (exact) mass is 347 g/mol. The van der Waals surface area contributed by atoms with Crippen molar-refractivity contribution in [1.29, 1.82) is 0 Å². The Morgan fingerprint density at radius 2 is 1.62 bits per heavy atom. The Labute approximate surface area is 153 Å². The number of aldehydes is 1. The van der Waals surface area contributed by atoms with Crippen LogP contribution >= 0.6 is 0 Å². The van der Waals surface area contributed by atoms with Gasteiger partial charge in [-0.05, 0) is 41.3 Å². The number of aromatic nitrogens is 1. The summed E-state index contributed by atoms with van der Waals surface area (Å²) in [5, 5.41) is 0. The van der Waals surface area contributed by atoms with Crippen molar-refractivity contribution >= 4 is 12.4 Å². The molecule has 0 amide bonds. The molecular formula is C23H22FNO. The number of benzene rings is 2. The van der Waals surface area contributed by atoms with Gasteiger partial charge < -0.3 is 4.57 Å². The number of hydrogen-bond donors (Lipinski definition) is 0. The fourth-order valence-corrected chi connectivity index (χ4v) is 3.57. The Morgan fingerprint density at radius 3 is 2.19 bits per heavy atom. The van der Waals surface area contributed by atoms with E-state index in [9.17, 15) is 9.18 Å². The van der Waals surface area contributed by atoms with Crippen LogP contribution in [0.1, 0.15) is 31.0 Å². The molecular weight excluding hydrogens is 325 g/mol. The maximum atomic E-state index is 13.5. The molecule has 2 aromatic carbocycles. The van der Waals surface area contributed by atoms with Crippen LogP contribution in [0.2, 0.25) is 0 Å². The molecule has 3 rings (SSSR count). The molecule has 1 aromatic heterocycles. The van der Waals surface area contributed by atoms with Crippen molar-refractivity contribution in [2.75, 3.05) is 0 Å². The van der Waals surface area contributed by atoms with Crippen LogP contribution in [0.5, 0.6) is 0 Å². The minimum atomic E-state index is -0.264. The van der Waals surface area contributed by atoms with Gasteiger partial charge in [0.15, 0.2) is 0 Å². The lowest BCUT2D eigenvalue weighted by Crippen LogP contribution is -2.01. The van der Waals surface area contributed by atoms with Crippen LogP contribution in [0.4, 0.5) is 4.39 Å². The van der Waals surface area contributed by atoms with Crippen LogP contribution < -0.4 is 0 Å². The number of halogens is 1. The zero-order valence-electron chi connectivity index (χ0n) is 15.2. The molecule has 3 aromatic rings. The first-order chi connectivity index (χ1) is 12.5. The lowest BCUT2D eigenvalue weighted by Gasteiger charge is -2.11. The van der Waals surface area contributed by atoms with Crippen molar-refractivity contribution in [1.82, 2.24) is 4.57 Å². The SMILES string of the molecule is CC(C)c1c(/C=C/C=O)c(-c2ccc(F)cc2)c(-c2ccccc2)n1C. The van der Waals surface area contributed by atoms with E-state index in [0.717, 1.165) is 39.9 Å². The van der Waals surface area contributed by atoms with E-state index in [2.05, 4.69) is 30.5 Å². The van der Waals surface area contributed by atoms with Crippen molar-refractivity contribution in [3.8, 4) is 22.4 Å². The number of nitrogens with zero attached hydrogens (tertiary/aromatic N) is 1. The molecule has 26 heavy (non-hydrogen) atoms. The van der Waals surface area contributed by atoms with Crippen molar-refractivity contribution in [3.05, 3.63) is 77.7 Å². The van der Waals surface area contributed by atoms with E-state index >= 15 is 0 Å². The second-order valence-electron chi connectivity index (χ2n) is 6.60. The summed E-state index contributed by atoms with van der Waals surface area (Å²) in [6, 6.07) is 16.7. The summed E-state index contributed by atoms with van der Waals surface area (Å²) in [6.45, 7) is 4.27. The van der Waals surface area contributed by atoms with E-state index in [0.29, 0.717) is 0 Å². The van der Waals surface area contributed by atoms with Crippen LogP contribution in [0.15, 0.2) is 60.7 Å². The third-order valence-corrected chi connectivity index (χ3v) is 4.55. The van der Waals surface area contributed by atoms with E-state index in [1.807, 2.05) is 31.3 Å². The summed E-state index contributed by atoms with van der Waals surface area (Å²) in [7, 11) is 2.04. The van der Waals surface area contributed by atoms with E-state index in [1.54, 1.807) is 12.1 Å². The van der Waals surface area contributed by atoms with Gasteiger partial charge in [-0.25, -0.2) is 4.39 Å². The average Bonchev–Trinajstić information content (AvgIpc) is 2.93. The summed E-state index contributed by atoms with van der Waals surface area (Å²) in [6.07, 6.45) is 4.16. The maximum absolute atomic E-state index is 13.5. The molecule has 0 aliphatic carbocycles. The number of hydrogen-bond acceptors (Lipinski definition) is 1. The van der Waals surface area contributed by atoms with Crippen LogP contribution in [-0.2, 0) is 11.8 Å². The average molecular weight is 347 g/mol. The quantitative estimate of drug-likeness (QED) is 0.420. The predicted molar refractivity (Wildman–Crippen MR) is 105 cm³/mol. The Morgan fingerprint density at radius 1 is 0.962 bits per heavy atom. The topological polar surface area (TPSA) is 22.0 Å². The standard InChI is InChI=1S/C23H22FNO/c1-16(2)22-20(10-7-15-26)21(17-11-13-19(24)14-12-17)23(25(22)3)18-8-5-4-6-9-18/h4-16H,1-3H3/b10-7+. The Bertz CT molecular complexity index is 935. The highest BCUT2D eigenvalue weighted by Gasteiger charge is 2.23. The molecule has 0 unspecified atom stereocenters. The number of rotatable bonds is 5. The molecule has 0 saturated heterocycles. The van der Waals surface area contributed by atoms with Gasteiger partial charge in [0.25, 0.3) is 0 Å². The van der Waals surface area contributed by atoms with E-state index in [4.69, 9.17) is 0 Å². The first kappa shape index (κ1) is 17.9. The Hall–Kier alpha value is -2.94. The molecule has 2 nitrogen and oxygen atoms in total. The molecule has 1 heterocycles. The highest BCUT2D eigenvalue weighted by atomic mass is 19.1. The molecule has 0 aliphatic rings. The van der Waals surface area contributed by atoms with Gasteiger partial charge in [-0.3, -0.25) is 4.79 Å². The van der Waals surface area contributed by atoms with Crippen LogP contribution in [-0.4, -0.2) is 10.9 Å². The molecule has 0 bridgehead atoms. The molecule has 0 spiro atoms. The fraction of sp³-hybridized carbons (Fsp3) is 0.174. The van der Waals surface area contributed by atoms with Crippen molar-refractivity contribution in [2.24, 2.45) is 7.05 Å². The largest absolute Gasteiger partial charge is 0.346 e. The molecule has 0 atom stereocenters. The molecule has 0 saturated carbocycles. The van der Waals surface area contributed by atoms with Gasteiger partial charge in [0, 0.05) is 23.9 Å². The highest BCUT2D eigenvalue weighted by molar-refractivity contribution is 5.92. The van der Waals surface area contributed by atoms with E-state index in [-0.39, 0.29) is 11.7 Å². The molecule has 0 aliphatic heterocycles. The first-order valence-corrected chi connectivity index (χ1v) is 8.70. The van der Waals surface area contributed by atoms with Gasteiger partial charge in [-0.2, -0.15) is 0 Å². The highest BCUT2D eigenvalue weighted by Crippen LogP contribution is 2.41.